The van der Waals surface area contributed by atoms with Gasteiger partial charge in [0.05, 0.1) is 11.2 Å². The van der Waals surface area contributed by atoms with Gasteiger partial charge in [0.2, 0.25) is 0 Å². The lowest BCUT2D eigenvalue weighted by Gasteiger charge is -2.32. The van der Waals surface area contributed by atoms with Crippen LogP contribution in [0.15, 0.2) is 24.4 Å². The molecule has 1 saturated heterocycles. The van der Waals surface area contributed by atoms with Gasteiger partial charge in [-0.05, 0) is 51.8 Å². The van der Waals surface area contributed by atoms with Gasteiger partial charge in [0.15, 0.2) is 0 Å². The third-order valence-electron chi connectivity index (χ3n) is 4.08. The summed E-state index contributed by atoms with van der Waals surface area (Å²) in [6, 6.07) is 1.91. The molecule has 0 aromatic carbocycles. The van der Waals surface area contributed by atoms with E-state index in [9.17, 15) is 0 Å². The molecule has 5 heteroatoms. The minimum atomic E-state index is -0.346. The Kier molecular flexibility index (Phi) is 4.05. The van der Waals surface area contributed by atoms with Crippen molar-refractivity contribution in [3.8, 4) is 0 Å². The van der Waals surface area contributed by atoms with Gasteiger partial charge in [-0.15, -0.1) is 0 Å². The van der Waals surface area contributed by atoms with Crippen LogP contribution < -0.4 is 5.73 Å². The molecule has 4 nitrogen and oxygen atoms in total. The minimum absolute atomic E-state index is 0.0315. The van der Waals surface area contributed by atoms with Gasteiger partial charge in [0.1, 0.15) is 0 Å². The monoisotopic (exact) mass is 274 g/mol. The quantitative estimate of drug-likeness (QED) is 0.861. The molecule has 1 aromatic rings. The smallest absolute Gasteiger partial charge is 0.400 e. The van der Waals surface area contributed by atoms with Crippen LogP contribution in [0.3, 0.4) is 0 Å². The van der Waals surface area contributed by atoms with E-state index in [4.69, 9.17) is 15.0 Å². The first-order valence-corrected chi connectivity index (χ1v) is 6.96. The Morgan fingerprint density at radius 3 is 2.40 bits per heavy atom. The molecule has 0 aliphatic carbocycles. The Morgan fingerprint density at radius 1 is 1.25 bits per heavy atom. The number of hydrogen-bond donors (Lipinski definition) is 1. The zero-order valence-corrected chi connectivity index (χ0v) is 12.9. The van der Waals surface area contributed by atoms with Crippen LogP contribution in [-0.4, -0.2) is 23.3 Å². The van der Waals surface area contributed by atoms with Crippen LogP contribution in [0.1, 0.15) is 51.8 Å². The highest BCUT2D eigenvalue weighted by Crippen LogP contribution is 2.37. The fourth-order valence-corrected chi connectivity index (χ4v) is 2.12. The molecule has 0 amide bonds. The summed E-state index contributed by atoms with van der Waals surface area (Å²) in [6.07, 6.45) is 5.53. The molecule has 20 heavy (non-hydrogen) atoms. The lowest BCUT2D eigenvalue weighted by atomic mass is 9.88. The second-order valence-corrected chi connectivity index (χ2v) is 6.28. The first-order valence-electron chi connectivity index (χ1n) is 6.96. The summed E-state index contributed by atoms with van der Waals surface area (Å²) in [5, 5.41) is 0. The average Bonchev–Trinajstić information content (AvgIpc) is 2.55. The minimum Gasteiger partial charge on any atom is -0.400 e. The van der Waals surface area contributed by atoms with Crippen LogP contribution >= 0.6 is 0 Å². The predicted octanol–water partition coefficient (Wildman–Crippen LogP) is 2.75. The van der Waals surface area contributed by atoms with Crippen molar-refractivity contribution in [3.05, 3.63) is 35.6 Å². The summed E-state index contributed by atoms with van der Waals surface area (Å²) < 4.78 is 11.9. The highest BCUT2D eigenvalue weighted by molar-refractivity contribution is 6.52. The van der Waals surface area contributed by atoms with E-state index in [2.05, 4.69) is 4.98 Å². The average molecular weight is 274 g/mol. The van der Waals surface area contributed by atoms with Gasteiger partial charge in [0.25, 0.3) is 0 Å². The normalized spacial score (nSPS) is 22.4. The summed E-state index contributed by atoms with van der Waals surface area (Å²) in [5.41, 5.74) is 7.38. The van der Waals surface area contributed by atoms with E-state index < -0.39 is 0 Å². The van der Waals surface area contributed by atoms with Gasteiger partial charge in [-0.25, -0.2) is 0 Å². The lowest BCUT2D eigenvalue weighted by Crippen LogP contribution is -2.41. The number of nitrogens with zero attached hydrogens (tertiary/aromatic N) is 1. The molecular formula is C15H23BN2O2. The van der Waals surface area contributed by atoms with Crippen LogP contribution in [0.5, 0.6) is 0 Å². The Labute approximate surface area is 121 Å². The largest absolute Gasteiger partial charge is 0.487 e. The molecule has 1 fully saturated rings. The summed E-state index contributed by atoms with van der Waals surface area (Å²) in [7, 11) is -0.346. The number of nitrogens with two attached hydrogens (primary N) is 1. The standard InChI is InChI=1S/C15H23BN2O2/c1-11(17)13-7-9-18-10-12(13)6-8-16-19-14(2,3)15(4,5)20-16/h6-11H,17H2,1-5H3/b8-6+. The van der Waals surface area contributed by atoms with Crippen molar-refractivity contribution >= 4 is 13.2 Å². The van der Waals surface area contributed by atoms with Crippen molar-refractivity contribution in [1.82, 2.24) is 4.98 Å². The number of pyridine rings is 1. The SMILES string of the molecule is CC(N)c1ccncc1/C=C/B1OC(C)(C)C(C)(C)O1. The van der Waals surface area contributed by atoms with Crippen LogP contribution in [-0.2, 0) is 9.31 Å². The van der Waals surface area contributed by atoms with Gasteiger partial charge in [-0.3, -0.25) is 4.98 Å². The van der Waals surface area contributed by atoms with Crippen molar-refractivity contribution in [2.24, 2.45) is 5.73 Å². The van der Waals surface area contributed by atoms with Crippen molar-refractivity contribution in [2.75, 3.05) is 0 Å². The fourth-order valence-electron chi connectivity index (χ4n) is 2.12. The molecule has 1 aromatic heterocycles. The third kappa shape index (κ3) is 2.95. The summed E-state index contributed by atoms with van der Waals surface area (Å²) in [4.78, 5) is 4.14. The zero-order valence-electron chi connectivity index (χ0n) is 12.9. The highest BCUT2D eigenvalue weighted by Gasteiger charge is 2.49. The maximum absolute atomic E-state index is 5.96. The Morgan fingerprint density at radius 2 is 1.85 bits per heavy atom. The van der Waals surface area contributed by atoms with E-state index in [0.717, 1.165) is 11.1 Å². The van der Waals surface area contributed by atoms with Gasteiger partial charge < -0.3 is 15.0 Å². The summed E-state index contributed by atoms with van der Waals surface area (Å²) >= 11 is 0. The second-order valence-electron chi connectivity index (χ2n) is 6.28. The topological polar surface area (TPSA) is 57.4 Å². The van der Waals surface area contributed by atoms with Gasteiger partial charge in [0, 0.05) is 18.4 Å². The maximum atomic E-state index is 5.96. The molecule has 0 saturated carbocycles. The van der Waals surface area contributed by atoms with E-state index in [1.54, 1.807) is 12.4 Å². The molecule has 1 atom stereocenters. The predicted molar refractivity (Wildman–Crippen MR) is 82.0 cm³/mol. The first kappa shape index (κ1) is 15.2. The third-order valence-corrected chi connectivity index (χ3v) is 4.08. The molecule has 0 spiro atoms. The van der Waals surface area contributed by atoms with E-state index in [-0.39, 0.29) is 24.4 Å². The van der Waals surface area contributed by atoms with Gasteiger partial charge in [-0.1, -0.05) is 12.1 Å². The molecule has 2 heterocycles. The number of rotatable bonds is 3. The Hall–Kier alpha value is -1.17. The summed E-state index contributed by atoms with van der Waals surface area (Å²) in [6.45, 7) is 10.1. The highest BCUT2D eigenvalue weighted by atomic mass is 16.7. The first-order chi connectivity index (χ1) is 9.23. The van der Waals surface area contributed by atoms with Crippen LogP contribution in [0.4, 0.5) is 0 Å². The molecule has 1 unspecified atom stereocenters. The van der Waals surface area contributed by atoms with Crippen molar-refractivity contribution in [1.29, 1.82) is 0 Å². The Bertz CT molecular complexity index is 496. The van der Waals surface area contributed by atoms with Crippen LogP contribution in [0, 0.1) is 0 Å². The molecule has 0 bridgehead atoms. The maximum Gasteiger partial charge on any atom is 0.487 e. The van der Waals surface area contributed by atoms with Gasteiger partial charge >= 0.3 is 7.12 Å². The number of hydrogen-bond acceptors (Lipinski definition) is 4. The second kappa shape index (κ2) is 5.32. The molecule has 1 aliphatic heterocycles. The van der Waals surface area contributed by atoms with Gasteiger partial charge in [-0.2, -0.15) is 0 Å². The zero-order chi connectivity index (χ0) is 15.0. The van der Waals surface area contributed by atoms with Crippen LogP contribution in [0.2, 0.25) is 0 Å². The molecule has 2 N–H and O–H groups in total. The molecular weight excluding hydrogens is 251 g/mol. The van der Waals surface area contributed by atoms with E-state index in [1.807, 2.05) is 52.7 Å². The van der Waals surface area contributed by atoms with E-state index >= 15 is 0 Å². The van der Waals surface area contributed by atoms with Crippen LogP contribution in [0.25, 0.3) is 6.08 Å². The fraction of sp³-hybridized carbons (Fsp3) is 0.533. The van der Waals surface area contributed by atoms with E-state index in [1.165, 1.54) is 0 Å². The summed E-state index contributed by atoms with van der Waals surface area (Å²) in [5.74, 6) is 1.92. The van der Waals surface area contributed by atoms with Crippen molar-refractivity contribution in [3.63, 3.8) is 0 Å². The lowest BCUT2D eigenvalue weighted by molar-refractivity contribution is 0.00578. The van der Waals surface area contributed by atoms with Crippen molar-refractivity contribution < 1.29 is 9.31 Å². The molecule has 1 aliphatic rings. The Balaban J connectivity index is 2.16. The molecule has 2 rings (SSSR count). The number of aromatic nitrogens is 1. The van der Waals surface area contributed by atoms with E-state index in [0.29, 0.717) is 0 Å². The molecule has 108 valence electrons. The van der Waals surface area contributed by atoms with Crippen molar-refractivity contribution in [2.45, 2.75) is 51.9 Å². The molecule has 0 radical (unpaired) electrons.